The molecule has 3 N–H and O–H groups in total. The lowest BCUT2D eigenvalue weighted by Crippen LogP contribution is -2.37. The van der Waals surface area contributed by atoms with E-state index in [1.807, 2.05) is 0 Å². The van der Waals surface area contributed by atoms with Crippen molar-refractivity contribution < 1.29 is 28.3 Å². The summed E-state index contributed by atoms with van der Waals surface area (Å²) >= 11 is 5.55. The SMILES string of the molecule is Cc1nocc1C(=O)NCCC(O)CNC(=O)COc1ccc(Cl)c(F)c1. The van der Waals surface area contributed by atoms with Gasteiger partial charge in [0, 0.05) is 19.2 Å². The zero-order valence-corrected chi connectivity index (χ0v) is 15.3. The quantitative estimate of drug-likeness (QED) is 0.588. The molecule has 146 valence electrons. The Morgan fingerprint density at radius 2 is 2.19 bits per heavy atom. The summed E-state index contributed by atoms with van der Waals surface area (Å²) in [4.78, 5) is 23.5. The van der Waals surface area contributed by atoms with Gasteiger partial charge in [-0.05, 0) is 25.5 Å². The number of nitrogens with one attached hydrogen (secondary N) is 2. The number of amides is 2. The van der Waals surface area contributed by atoms with Crippen molar-refractivity contribution in [1.82, 2.24) is 15.8 Å². The minimum Gasteiger partial charge on any atom is -0.484 e. The van der Waals surface area contributed by atoms with Gasteiger partial charge in [-0.3, -0.25) is 9.59 Å². The van der Waals surface area contributed by atoms with Gasteiger partial charge in [-0.25, -0.2) is 4.39 Å². The molecule has 1 aromatic heterocycles. The van der Waals surface area contributed by atoms with Gasteiger partial charge in [0.05, 0.1) is 16.8 Å². The van der Waals surface area contributed by atoms with Crippen molar-refractivity contribution >= 4 is 23.4 Å². The molecule has 0 spiro atoms. The van der Waals surface area contributed by atoms with E-state index in [4.69, 9.17) is 16.3 Å². The summed E-state index contributed by atoms with van der Waals surface area (Å²) in [5, 5.41) is 18.5. The minimum absolute atomic E-state index is 0.0145. The Balaban J connectivity index is 1.62. The van der Waals surface area contributed by atoms with Crippen LogP contribution in [0, 0.1) is 12.7 Å². The predicted molar refractivity (Wildman–Crippen MR) is 94.1 cm³/mol. The third-order valence-corrected chi connectivity index (χ3v) is 3.86. The van der Waals surface area contributed by atoms with Gasteiger partial charge in [-0.1, -0.05) is 16.8 Å². The van der Waals surface area contributed by atoms with Crippen LogP contribution in [0.15, 0.2) is 29.0 Å². The normalized spacial score (nSPS) is 11.7. The Morgan fingerprint density at radius 3 is 2.85 bits per heavy atom. The van der Waals surface area contributed by atoms with Gasteiger partial charge < -0.3 is 25.0 Å². The van der Waals surface area contributed by atoms with Crippen LogP contribution in [-0.4, -0.2) is 47.9 Å². The first-order chi connectivity index (χ1) is 12.9. The molecule has 0 aliphatic carbocycles. The first-order valence-corrected chi connectivity index (χ1v) is 8.46. The number of rotatable bonds is 9. The van der Waals surface area contributed by atoms with E-state index >= 15 is 0 Å². The zero-order chi connectivity index (χ0) is 19.8. The lowest BCUT2D eigenvalue weighted by atomic mass is 10.2. The fourth-order valence-corrected chi connectivity index (χ4v) is 2.18. The fourth-order valence-electron chi connectivity index (χ4n) is 2.06. The molecule has 0 saturated carbocycles. The van der Waals surface area contributed by atoms with Crippen molar-refractivity contribution in [3.63, 3.8) is 0 Å². The summed E-state index contributed by atoms with van der Waals surface area (Å²) in [6, 6.07) is 3.83. The number of aryl methyl sites for hydroxylation is 1. The van der Waals surface area contributed by atoms with Crippen molar-refractivity contribution in [2.45, 2.75) is 19.4 Å². The third kappa shape index (κ3) is 6.54. The Labute approximate surface area is 159 Å². The topological polar surface area (TPSA) is 114 Å². The average Bonchev–Trinajstić information content (AvgIpc) is 3.07. The van der Waals surface area contributed by atoms with Gasteiger partial charge in [0.1, 0.15) is 23.4 Å². The van der Waals surface area contributed by atoms with Crippen LogP contribution in [-0.2, 0) is 4.79 Å². The molecule has 2 rings (SSSR count). The van der Waals surface area contributed by atoms with Crippen molar-refractivity contribution in [3.05, 3.63) is 46.6 Å². The second-order valence-corrected chi connectivity index (χ2v) is 6.09. The molecule has 10 heteroatoms. The zero-order valence-electron chi connectivity index (χ0n) is 14.5. The number of aliphatic hydroxyl groups excluding tert-OH is 1. The van der Waals surface area contributed by atoms with Crippen LogP contribution in [0.4, 0.5) is 4.39 Å². The predicted octanol–water partition coefficient (Wildman–Crippen LogP) is 1.45. The number of aliphatic hydroxyl groups is 1. The van der Waals surface area contributed by atoms with E-state index in [0.717, 1.165) is 6.07 Å². The summed E-state index contributed by atoms with van der Waals surface area (Å²) < 4.78 is 23.1. The van der Waals surface area contributed by atoms with Crippen molar-refractivity contribution in [2.24, 2.45) is 0 Å². The number of carbonyl (C=O) groups excluding carboxylic acids is 2. The molecule has 2 aromatic rings. The highest BCUT2D eigenvalue weighted by atomic mass is 35.5. The molecule has 0 radical (unpaired) electrons. The monoisotopic (exact) mass is 399 g/mol. The first kappa shape index (κ1) is 20.7. The Bertz CT molecular complexity index is 799. The Morgan fingerprint density at radius 1 is 1.41 bits per heavy atom. The van der Waals surface area contributed by atoms with Crippen LogP contribution in [0.25, 0.3) is 0 Å². The lowest BCUT2D eigenvalue weighted by Gasteiger charge is -2.13. The van der Waals surface area contributed by atoms with E-state index < -0.39 is 17.8 Å². The number of ether oxygens (including phenoxy) is 1. The molecule has 0 fully saturated rings. The smallest absolute Gasteiger partial charge is 0.258 e. The van der Waals surface area contributed by atoms with E-state index in [9.17, 15) is 19.1 Å². The highest BCUT2D eigenvalue weighted by Gasteiger charge is 2.13. The third-order valence-electron chi connectivity index (χ3n) is 3.55. The molecule has 0 aliphatic heterocycles. The highest BCUT2D eigenvalue weighted by Crippen LogP contribution is 2.20. The molecule has 0 bridgehead atoms. The first-order valence-electron chi connectivity index (χ1n) is 8.08. The molecular formula is C17H19ClFN3O5. The molecule has 0 saturated heterocycles. The maximum absolute atomic E-state index is 13.3. The van der Waals surface area contributed by atoms with E-state index in [2.05, 4.69) is 20.3 Å². The van der Waals surface area contributed by atoms with E-state index in [-0.39, 0.29) is 42.8 Å². The molecule has 1 heterocycles. The second-order valence-electron chi connectivity index (χ2n) is 5.68. The fraction of sp³-hybridized carbons (Fsp3) is 0.353. The lowest BCUT2D eigenvalue weighted by molar-refractivity contribution is -0.123. The molecular weight excluding hydrogens is 381 g/mol. The number of benzene rings is 1. The van der Waals surface area contributed by atoms with E-state index in [1.54, 1.807) is 6.92 Å². The van der Waals surface area contributed by atoms with Gasteiger partial charge in [-0.2, -0.15) is 0 Å². The van der Waals surface area contributed by atoms with Crippen LogP contribution in [0.2, 0.25) is 5.02 Å². The minimum atomic E-state index is -0.856. The van der Waals surface area contributed by atoms with Crippen LogP contribution < -0.4 is 15.4 Å². The summed E-state index contributed by atoms with van der Waals surface area (Å²) in [7, 11) is 0. The largest absolute Gasteiger partial charge is 0.484 e. The standard InChI is InChI=1S/C17H19ClFN3O5/c1-10-13(8-27-22-10)17(25)20-5-4-11(23)7-21-16(24)9-26-12-2-3-14(18)15(19)6-12/h2-3,6,8,11,23H,4-5,7,9H2,1H3,(H,20,25)(H,21,24). The molecule has 0 aliphatic rings. The molecule has 1 aromatic carbocycles. The maximum Gasteiger partial charge on any atom is 0.258 e. The van der Waals surface area contributed by atoms with Crippen LogP contribution >= 0.6 is 11.6 Å². The summed E-state index contributed by atoms with van der Waals surface area (Å²) in [5.41, 5.74) is 0.800. The van der Waals surface area contributed by atoms with Crippen molar-refractivity contribution in [1.29, 1.82) is 0 Å². The Kier molecular flexibility index (Phi) is 7.56. The summed E-state index contributed by atoms with van der Waals surface area (Å²) in [6.07, 6.45) is 0.624. The maximum atomic E-state index is 13.3. The summed E-state index contributed by atoms with van der Waals surface area (Å²) in [6.45, 7) is 1.50. The average molecular weight is 400 g/mol. The van der Waals surface area contributed by atoms with Gasteiger partial charge >= 0.3 is 0 Å². The molecule has 1 unspecified atom stereocenters. The van der Waals surface area contributed by atoms with Crippen molar-refractivity contribution in [2.75, 3.05) is 19.7 Å². The molecule has 8 nitrogen and oxygen atoms in total. The van der Waals surface area contributed by atoms with Crippen LogP contribution in [0.3, 0.4) is 0 Å². The number of hydrogen-bond acceptors (Lipinski definition) is 6. The number of carbonyl (C=O) groups is 2. The van der Waals surface area contributed by atoms with Gasteiger partial charge in [0.25, 0.3) is 11.8 Å². The van der Waals surface area contributed by atoms with Crippen molar-refractivity contribution in [3.8, 4) is 5.75 Å². The second kappa shape index (κ2) is 9.89. The Hall–Kier alpha value is -2.65. The number of nitrogens with zero attached hydrogens (tertiary/aromatic N) is 1. The molecule has 1 atom stereocenters. The molecule has 27 heavy (non-hydrogen) atoms. The van der Waals surface area contributed by atoms with Crippen LogP contribution in [0.5, 0.6) is 5.75 Å². The van der Waals surface area contributed by atoms with Gasteiger partial charge in [0.2, 0.25) is 0 Å². The van der Waals surface area contributed by atoms with Crippen LogP contribution in [0.1, 0.15) is 22.5 Å². The highest BCUT2D eigenvalue weighted by molar-refractivity contribution is 6.30. The number of hydrogen-bond donors (Lipinski definition) is 3. The number of aromatic nitrogens is 1. The van der Waals surface area contributed by atoms with E-state index in [0.29, 0.717) is 11.3 Å². The van der Waals surface area contributed by atoms with Gasteiger partial charge in [-0.15, -0.1) is 0 Å². The molecule has 2 amide bonds. The summed E-state index contributed by atoms with van der Waals surface area (Å²) in [5.74, 6) is -1.31. The number of halogens is 2. The van der Waals surface area contributed by atoms with E-state index in [1.165, 1.54) is 18.4 Å². The van der Waals surface area contributed by atoms with Gasteiger partial charge in [0.15, 0.2) is 6.61 Å².